The van der Waals surface area contributed by atoms with E-state index in [1.54, 1.807) is 24.1 Å². The molecule has 32 heavy (non-hydrogen) atoms. The minimum atomic E-state index is -2.42. The van der Waals surface area contributed by atoms with E-state index in [4.69, 9.17) is 9.47 Å². The number of ether oxygens (including phenoxy) is 2. The first-order chi connectivity index (χ1) is 15.4. The van der Waals surface area contributed by atoms with E-state index in [0.29, 0.717) is 31.0 Å². The summed E-state index contributed by atoms with van der Waals surface area (Å²) in [6.45, 7) is 2.57. The Hall–Kier alpha value is -3.13. The highest BCUT2D eigenvalue weighted by Gasteiger charge is 2.34. The summed E-state index contributed by atoms with van der Waals surface area (Å²) in [5.41, 5.74) is 3.02. The lowest BCUT2D eigenvalue weighted by Crippen LogP contribution is -2.45. The molecule has 0 saturated carbocycles. The number of hydrogen-bond donors (Lipinski definition) is 2. The molecule has 0 aliphatic carbocycles. The molecule has 0 bridgehead atoms. The Morgan fingerprint density at radius 1 is 1.28 bits per heavy atom. The number of H-pyrrole nitrogens is 1. The number of alkyl halides is 2. The lowest BCUT2D eigenvalue weighted by atomic mass is 9.87. The monoisotopic (exact) mass is 444 g/mol. The van der Waals surface area contributed by atoms with Crippen LogP contribution in [0.15, 0.2) is 42.6 Å². The number of carbonyl (C=O) groups is 1. The highest BCUT2D eigenvalue weighted by atomic mass is 19.3. The van der Waals surface area contributed by atoms with E-state index >= 15 is 0 Å². The Balaban J connectivity index is 1.68. The van der Waals surface area contributed by atoms with Crippen molar-refractivity contribution >= 4 is 16.9 Å². The van der Waals surface area contributed by atoms with Crippen molar-refractivity contribution in [2.24, 2.45) is 0 Å². The van der Waals surface area contributed by atoms with Crippen LogP contribution in [-0.4, -0.2) is 60.2 Å². The minimum Gasteiger partial charge on any atom is -0.493 e. The lowest BCUT2D eigenvalue weighted by Gasteiger charge is -2.39. The third-order valence-corrected chi connectivity index (χ3v) is 6.06. The van der Waals surface area contributed by atoms with Crippen molar-refractivity contribution in [1.82, 2.24) is 9.88 Å². The Morgan fingerprint density at radius 2 is 2.03 bits per heavy atom. The number of benzene rings is 2. The summed E-state index contributed by atoms with van der Waals surface area (Å²) < 4.78 is 38.2. The van der Waals surface area contributed by atoms with E-state index in [9.17, 15) is 18.7 Å². The average Bonchev–Trinajstić information content (AvgIpc) is 3.27. The van der Waals surface area contributed by atoms with Gasteiger partial charge in [-0.1, -0.05) is 12.1 Å². The van der Waals surface area contributed by atoms with E-state index in [1.165, 1.54) is 12.1 Å². The average molecular weight is 444 g/mol. The van der Waals surface area contributed by atoms with Crippen molar-refractivity contribution in [3.8, 4) is 11.5 Å². The van der Waals surface area contributed by atoms with Crippen LogP contribution in [0, 0.1) is 6.92 Å². The van der Waals surface area contributed by atoms with Gasteiger partial charge in [0.05, 0.1) is 24.7 Å². The number of nitrogens with zero attached hydrogens (tertiary/aromatic N) is 1. The Bertz CT molecular complexity index is 1100. The molecule has 1 aromatic heterocycles. The predicted octanol–water partition coefficient (Wildman–Crippen LogP) is 4.69. The van der Waals surface area contributed by atoms with Crippen LogP contribution < -0.4 is 9.47 Å². The van der Waals surface area contributed by atoms with Crippen molar-refractivity contribution in [2.75, 3.05) is 26.7 Å². The normalized spacial score (nSPS) is 19.4. The maximum Gasteiger partial charge on any atom is 0.335 e. The van der Waals surface area contributed by atoms with E-state index in [1.807, 2.05) is 25.3 Å². The first-order valence-corrected chi connectivity index (χ1v) is 10.5. The first-order valence-electron chi connectivity index (χ1n) is 10.5. The van der Waals surface area contributed by atoms with Crippen LogP contribution in [0.25, 0.3) is 10.9 Å². The molecule has 8 heteroatoms. The van der Waals surface area contributed by atoms with Crippen molar-refractivity contribution in [3.63, 3.8) is 0 Å². The number of piperidine rings is 1. The number of fused-ring (bicyclic) bond motifs is 1. The van der Waals surface area contributed by atoms with Gasteiger partial charge in [0.1, 0.15) is 6.10 Å². The molecule has 6 nitrogen and oxygen atoms in total. The van der Waals surface area contributed by atoms with Gasteiger partial charge in [0, 0.05) is 30.6 Å². The molecule has 0 amide bonds. The molecule has 0 radical (unpaired) electrons. The second kappa shape index (κ2) is 9.16. The molecular weight excluding hydrogens is 418 g/mol. The smallest absolute Gasteiger partial charge is 0.335 e. The van der Waals surface area contributed by atoms with Crippen molar-refractivity contribution < 1.29 is 28.2 Å². The molecule has 2 atom stereocenters. The van der Waals surface area contributed by atoms with E-state index in [-0.39, 0.29) is 24.1 Å². The molecule has 1 saturated heterocycles. The minimum absolute atomic E-state index is 0.181. The third-order valence-electron chi connectivity index (χ3n) is 6.06. The summed E-state index contributed by atoms with van der Waals surface area (Å²) in [7, 11) is 1.59. The molecule has 3 aromatic rings. The van der Waals surface area contributed by atoms with Crippen LogP contribution in [-0.2, 0) is 0 Å². The fraction of sp³-hybridized carbons (Fsp3) is 0.375. The number of methoxy groups -OCH3 is 1. The highest BCUT2D eigenvalue weighted by molar-refractivity contribution is 5.91. The lowest BCUT2D eigenvalue weighted by molar-refractivity contribution is 0.0348. The molecule has 1 fully saturated rings. The SMILES string of the molecule is COc1cc(C)c2[nH]ccc2c1O[C@@H]1CCN(CC(F)F)C[C@@H]1c1ccc(C(=O)O)cc1. The van der Waals surface area contributed by atoms with E-state index < -0.39 is 12.4 Å². The molecule has 170 valence electrons. The van der Waals surface area contributed by atoms with Gasteiger partial charge in [0.2, 0.25) is 0 Å². The van der Waals surface area contributed by atoms with Crippen LogP contribution >= 0.6 is 0 Å². The van der Waals surface area contributed by atoms with Crippen LogP contribution in [0.1, 0.15) is 33.8 Å². The molecule has 1 aliphatic rings. The van der Waals surface area contributed by atoms with E-state index in [2.05, 4.69) is 4.98 Å². The number of aromatic carboxylic acids is 1. The fourth-order valence-electron chi connectivity index (χ4n) is 4.47. The topological polar surface area (TPSA) is 74.8 Å². The second-order valence-electron chi connectivity index (χ2n) is 8.12. The molecular formula is C24H26F2N2O4. The maximum atomic E-state index is 13.1. The number of carboxylic acid groups (broad SMARTS) is 1. The second-order valence-corrected chi connectivity index (χ2v) is 8.12. The quantitative estimate of drug-likeness (QED) is 0.553. The Morgan fingerprint density at radius 3 is 2.69 bits per heavy atom. The first kappa shape index (κ1) is 22.1. The maximum absolute atomic E-state index is 13.1. The molecule has 1 aliphatic heterocycles. The van der Waals surface area contributed by atoms with Gasteiger partial charge >= 0.3 is 5.97 Å². The summed E-state index contributed by atoms with van der Waals surface area (Å²) >= 11 is 0. The van der Waals surface area contributed by atoms with Gasteiger partial charge in [0.25, 0.3) is 6.43 Å². The molecule has 0 spiro atoms. The molecule has 4 rings (SSSR count). The highest BCUT2D eigenvalue weighted by Crippen LogP contribution is 2.41. The Labute approximate surface area is 184 Å². The number of nitrogens with one attached hydrogen (secondary N) is 1. The number of carboxylic acids is 1. The number of aryl methyl sites for hydroxylation is 1. The number of aromatic nitrogens is 1. The third kappa shape index (κ3) is 4.41. The number of hydrogen-bond acceptors (Lipinski definition) is 4. The van der Waals surface area contributed by atoms with Crippen molar-refractivity contribution in [2.45, 2.75) is 31.8 Å². The van der Waals surface area contributed by atoms with Gasteiger partial charge in [-0.2, -0.15) is 0 Å². The molecule has 2 aromatic carbocycles. The largest absolute Gasteiger partial charge is 0.493 e. The standard InChI is InChI=1S/C24H26F2N2O4/c1-14-11-20(31-2)23(17-7-9-27-22(14)17)32-19-8-10-28(13-21(25)26)12-18(19)15-3-5-16(6-4-15)24(29)30/h3-7,9,11,18-19,21,27H,8,10,12-13H2,1-2H3,(H,29,30)/t18-,19-/m1/s1. The van der Waals surface area contributed by atoms with Gasteiger partial charge in [-0.3, -0.25) is 4.90 Å². The fourth-order valence-corrected chi connectivity index (χ4v) is 4.47. The summed E-state index contributed by atoms with van der Waals surface area (Å²) in [6, 6.07) is 10.4. The number of likely N-dealkylation sites (tertiary alicyclic amines) is 1. The van der Waals surface area contributed by atoms with Crippen molar-refractivity contribution in [3.05, 3.63) is 59.3 Å². The summed E-state index contributed by atoms with van der Waals surface area (Å²) in [5, 5.41) is 10.1. The van der Waals surface area contributed by atoms with Crippen LogP contribution in [0.4, 0.5) is 8.78 Å². The van der Waals surface area contributed by atoms with Crippen molar-refractivity contribution in [1.29, 1.82) is 0 Å². The summed E-state index contributed by atoms with van der Waals surface area (Å²) in [6.07, 6.45) is -0.299. The summed E-state index contributed by atoms with van der Waals surface area (Å²) in [4.78, 5) is 16.2. The number of halogens is 2. The van der Waals surface area contributed by atoms with Crippen LogP contribution in [0.3, 0.4) is 0 Å². The van der Waals surface area contributed by atoms with Gasteiger partial charge < -0.3 is 19.6 Å². The van der Waals surface area contributed by atoms with Gasteiger partial charge in [-0.25, -0.2) is 13.6 Å². The zero-order valence-electron chi connectivity index (χ0n) is 18.0. The zero-order chi connectivity index (χ0) is 22.8. The van der Waals surface area contributed by atoms with Crippen LogP contribution in [0.2, 0.25) is 0 Å². The van der Waals surface area contributed by atoms with Gasteiger partial charge in [0.15, 0.2) is 11.5 Å². The number of aromatic amines is 1. The summed E-state index contributed by atoms with van der Waals surface area (Å²) in [5.74, 6) is 0.0234. The van der Waals surface area contributed by atoms with Gasteiger partial charge in [-0.05, 0) is 48.7 Å². The zero-order valence-corrected chi connectivity index (χ0v) is 18.0. The molecule has 2 N–H and O–H groups in total. The predicted molar refractivity (Wildman–Crippen MR) is 117 cm³/mol. The molecule has 0 unspecified atom stereocenters. The number of rotatable bonds is 7. The van der Waals surface area contributed by atoms with E-state index in [0.717, 1.165) is 22.0 Å². The van der Waals surface area contributed by atoms with Gasteiger partial charge in [-0.15, -0.1) is 0 Å². The molecule has 2 heterocycles. The van der Waals surface area contributed by atoms with Crippen LogP contribution in [0.5, 0.6) is 11.5 Å². The Kier molecular flexibility index (Phi) is 6.32.